The van der Waals surface area contributed by atoms with Crippen molar-refractivity contribution in [1.82, 2.24) is 5.32 Å². The van der Waals surface area contributed by atoms with Crippen LogP contribution >= 0.6 is 11.6 Å². The number of carbonyl (C=O) groups excluding carboxylic acids is 1. The number of nitrogens with one attached hydrogen (secondary N) is 1. The van der Waals surface area contributed by atoms with Gasteiger partial charge in [-0.25, -0.2) is 0 Å². The van der Waals surface area contributed by atoms with Gasteiger partial charge in [0, 0.05) is 0 Å². The molecule has 0 bridgehead atoms. The standard InChI is InChI=1S/C11H12ClNO3/c1-15-8-4-3-6(7-5-9(14)13-7)10(12)11(8)16-2/h3-4,7H,5H2,1-2H3,(H,13,14). The fourth-order valence-electron chi connectivity index (χ4n) is 1.72. The molecule has 1 fully saturated rings. The molecule has 0 saturated carbocycles. The molecule has 1 aromatic rings. The molecule has 5 heteroatoms. The van der Waals surface area contributed by atoms with Gasteiger partial charge in [0.25, 0.3) is 0 Å². The number of benzene rings is 1. The lowest BCUT2D eigenvalue weighted by Gasteiger charge is -2.28. The molecule has 0 aromatic heterocycles. The first-order valence-corrected chi connectivity index (χ1v) is 5.25. The SMILES string of the molecule is COc1ccc(C2CC(=O)N2)c(Cl)c1OC. The second kappa shape index (κ2) is 4.22. The predicted octanol–water partition coefficient (Wildman–Crippen LogP) is 1.92. The number of amides is 1. The summed E-state index contributed by atoms with van der Waals surface area (Å²) in [7, 11) is 3.09. The van der Waals surface area contributed by atoms with Crippen molar-refractivity contribution in [1.29, 1.82) is 0 Å². The lowest BCUT2D eigenvalue weighted by molar-refractivity contribution is -0.128. The van der Waals surface area contributed by atoms with Crippen LogP contribution in [0.2, 0.25) is 5.02 Å². The van der Waals surface area contributed by atoms with E-state index in [1.807, 2.05) is 6.07 Å². The molecule has 1 unspecified atom stereocenters. The molecule has 1 N–H and O–H groups in total. The normalized spacial score (nSPS) is 18.7. The van der Waals surface area contributed by atoms with E-state index in [2.05, 4.69) is 5.32 Å². The van der Waals surface area contributed by atoms with Gasteiger partial charge >= 0.3 is 0 Å². The Morgan fingerprint density at radius 2 is 2.06 bits per heavy atom. The molecule has 0 radical (unpaired) electrons. The van der Waals surface area contributed by atoms with E-state index in [4.69, 9.17) is 21.1 Å². The summed E-state index contributed by atoms with van der Waals surface area (Å²) in [5.41, 5.74) is 0.860. The minimum absolute atomic E-state index is 0.0141. The van der Waals surface area contributed by atoms with E-state index < -0.39 is 0 Å². The highest BCUT2D eigenvalue weighted by Gasteiger charge is 2.30. The minimum atomic E-state index is -0.0141. The number of hydrogen-bond acceptors (Lipinski definition) is 3. The van der Waals surface area contributed by atoms with Crippen molar-refractivity contribution >= 4 is 17.5 Å². The fraction of sp³-hybridized carbons (Fsp3) is 0.364. The number of halogens is 1. The average molecular weight is 242 g/mol. The molecule has 0 spiro atoms. The zero-order valence-corrected chi connectivity index (χ0v) is 9.80. The molecular weight excluding hydrogens is 230 g/mol. The second-order valence-corrected chi connectivity index (χ2v) is 3.91. The fourth-order valence-corrected chi connectivity index (χ4v) is 2.08. The summed E-state index contributed by atoms with van der Waals surface area (Å²) in [5.74, 6) is 1.13. The van der Waals surface area contributed by atoms with Crippen LogP contribution in [0.25, 0.3) is 0 Å². The lowest BCUT2D eigenvalue weighted by atomic mass is 9.97. The molecule has 0 aliphatic carbocycles. The van der Waals surface area contributed by atoms with E-state index in [9.17, 15) is 4.79 Å². The van der Waals surface area contributed by atoms with E-state index in [0.717, 1.165) is 5.56 Å². The molecule has 1 aliphatic rings. The Hall–Kier alpha value is -1.42. The third-order valence-corrected chi connectivity index (χ3v) is 3.00. The molecule has 16 heavy (non-hydrogen) atoms. The lowest BCUT2D eigenvalue weighted by Crippen LogP contribution is -2.41. The monoisotopic (exact) mass is 241 g/mol. The first-order valence-electron chi connectivity index (χ1n) is 4.87. The zero-order chi connectivity index (χ0) is 11.7. The summed E-state index contributed by atoms with van der Waals surface area (Å²) < 4.78 is 10.3. The molecule has 1 aromatic carbocycles. The molecule has 1 atom stereocenters. The Morgan fingerprint density at radius 3 is 2.56 bits per heavy atom. The van der Waals surface area contributed by atoms with Crippen LogP contribution < -0.4 is 14.8 Å². The Labute approximate surface area is 98.5 Å². The summed E-state index contributed by atoms with van der Waals surface area (Å²) in [6.45, 7) is 0. The molecule has 1 saturated heterocycles. The highest BCUT2D eigenvalue weighted by atomic mass is 35.5. The summed E-state index contributed by atoms with van der Waals surface area (Å²) >= 11 is 6.19. The van der Waals surface area contributed by atoms with Crippen LogP contribution in [-0.2, 0) is 4.79 Å². The van der Waals surface area contributed by atoms with Crippen molar-refractivity contribution in [3.63, 3.8) is 0 Å². The maximum Gasteiger partial charge on any atom is 0.222 e. The first-order chi connectivity index (χ1) is 7.67. The number of carbonyl (C=O) groups is 1. The molecule has 1 amide bonds. The van der Waals surface area contributed by atoms with Gasteiger partial charge in [0.15, 0.2) is 11.5 Å². The van der Waals surface area contributed by atoms with Crippen LogP contribution in [0.4, 0.5) is 0 Å². The Balaban J connectivity index is 2.37. The first kappa shape index (κ1) is 11.1. The van der Waals surface area contributed by atoms with Crippen LogP contribution in [0.5, 0.6) is 11.5 Å². The van der Waals surface area contributed by atoms with Crippen molar-refractivity contribution < 1.29 is 14.3 Å². The number of ether oxygens (including phenoxy) is 2. The van der Waals surface area contributed by atoms with E-state index in [-0.39, 0.29) is 11.9 Å². The highest BCUT2D eigenvalue weighted by molar-refractivity contribution is 6.33. The van der Waals surface area contributed by atoms with Gasteiger partial charge < -0.3 is 14.8 Å². The van der Waals surface area contributed by atoms with Crippen LogP contribution in [0.1, 0.15) is 18.0 Å². The van der Waals surface area contributed by atoms with Gasteiger partial charge in [0.05, 0.1) is 31.7 Å². The Morgan fingerprint density at radius 1 is 1.38 bits per heavy atom. The van der Waals surface area contributed by atoms with Crippen molar-refractivity contribution in [2.45, 2.75) is 12.5 Å². The quantitative estimate of drug-likeness (QED) is 0.823. The topological polar surface area (TPSA) is 47.6 Å². The Kier molecular flexibility index (Phi) is 2.92. The van der Waals surface area contributed by atoms with Crippen LogP contribution in [-0.4, -0.2) is 20.1 Å². The number of hydrogen-bond donors (Lipinski definition) is 1. The van der Waals surface area contributed by atoms with Crippen molar-refractivity contribution in [3.8, 4) is 11.5 Å². The van der Waals surface area contributed by atoms with E-state index >= 15 is 0 Å². The van der Waals surface area contributed by atoms with Gasteiger partial charge in [-0.3, -0.25) is 4.79 Å². The summed E-state index contributed by atoms with van der Waals surface area (Å²) in [5, 5.41) is 3.26. The highest BCUT2D eigenvalue weighted by Crippen LogP contribution is 2.41. The third-order valence-electron chi connectivity index (χ3n) is 2.62. The average Bonchev–Trinajstić information content (AvgIpc) is 2.25. The van der Waals surface area contributed by atoms with Crippen LogP contribution in [0.15, 0.2) is 12.1 Å². The number of methoxy groups -OCH3 is 2. The maximum absolute atomic E-state index is 10.9. The van der Waals surface area contributed by atoms with Gasteiger partial charge in [-0.15, -0.1) is 0 Å². The van der Waals surface area contributed by atoms with E-state index in [1.165, 1.54) is 7.11 Å². The van der Waals surface area contributed by atoms with Crippen molar-refractivity contribution in [2.24, 2.45) is 0 Å². The molecule has 1 heterocycles. The summed E-state index contributed by atoms with van der Waals surface area (Å²) in [4.78, 5) is 10.9. The summed E-state index contributed by atoms with van der Waals surface area (Å²) in [6, 6.07) is 3.61. The van der Waals surface area contributed by atoms with Gasteiger partial charge in [-0.2, -0.15) is 0 Å². The van der Waals surface area contributed by atoms with E-state index in [0.29, 0.717) is 22.9 Å². The molecule has 86 valence electrons. The minimum Gasteiger partial charge on any atom is -0.493 e. The zero-order valence-electron chi connectivity index (χ0n) is 9.04. The summed E-state index contributed by atoms with van der Waals surface area (Å²) in [6.07, 6.45) is 0.467. The van der Waals surface area contributed by atoms with Crippen molar-refractivity contribution in [3.05, 3.63) is 22.7 Å². The molecule has 4 nitrogen and oxygen atoms in total. The van der Waals surface area contributed by atoms with Gasteiger partial charge in [0.2, 0.25) is 5.91 Å². The molecule has 2 rings (SSSR count). The van der Waals surface area contributed by atoms with Crippen LogP contribution in [0, 0.1) is 0 Å². The Bertz CT molecular complexity index is 425. The van der Waals surface area contributed by atoms with Crippen molar-refractivity contribution in [2.75, 3.05) is 14.2 Å². The molecule has 1 aliphatic heterocycles. The smallest absolute Gasteiger partial charge is 0.222 e. The van der Waals surface area contributed by atoms with Gasteiger partial charge in [-0.1, -0.05) is 17.7 Å². The number of rotatable bonds is 3. The van der Waals surface area contributed by atoms with Gasteiger partial charge in [-0.05, 0) is 11.6 Å². The maximum atomic E-state index is 10.9. The third kappa shape index (κ3) is 1.69. The predicted molar refractivity (Wildman–Crippen MR) is 60.1 cm³/mol. The number of β-lactam (4-membered cyclic amide) rings is 1. The molecular formula is C11H12ClNO3. The van der Waals surface area contributed by atoms with Gasteiger partial charge in [0.1, 0.15) is 0 Å². The second-order valence-electron chi connectivity index (χ2n) is 3.53. The van der Waals surface area contributed by atoms with Crippen LogP contribution in [0.3, 0.4) is 0 Å². The largest absolute Gasteiger partial charge is 0.493 e. The van der Waals surface area contributed by atoms with E-state index in [1.54, 1.807) is 13.2 Å².